The summed E-state index contributed by atoms with van der Waals surface area (Å²) in [6, 6.07) is 18.1. The highest BCUT2D eigenvalue weighted by atomic mass is 32.1. The van der Waals surface area contributed by atoms with E-state index in [2.05, 4.69) is 0 Å². The second kappa shape index (κ2) is 7.34. The number of esters is 1. The van der Waals surface area contributed by atoms with Crippen LogP contribution in [-0.4, -0.2) is 10.9 Å². The molecule has 0 N–H and O–H groups in total. The highest BCUT2D eigenvalue weighted by Gasteiger charge is 2.16. The molecule has 0 aliphatic carbocycles. The van der Waals surface area contributed by atoms with Crippen molar-refractivity contribution in [3.63, 3.8) is 0 Å². The number of benzene rings is 3. The first-order valence-electron chi connectivity index (χ1n) is 8.11. The van der Waals surface area contributed by atoms with Crippen molar-refractivity contribution in [3.8, 4) is 16.9 Å². The Kier molecular flexibility index (Phi) is 4.72. The number of ether oxygens (including phenoxy) is 1. The third kappa shape index (κ3) is 3.55. The summed E-state index contributed by atoms with van der Waals surface area (Å²) in [5.41, 5.74) is 2.28. The molecule has 4 rings (SSSR count). The van der Waals surface area contributed by atoms with Crippen molar-refractivity contribution >= 4 is 45.5 Å². The number of rotatable bonds is 4. The van der Waals surface area contributed by atoms with Gasteiger partial charge in [0.15, 0.2) is 5.58 Å². The number of nitro benzene ring substituents is 1. The van der Waals surface area contributed by atoms with Crippen LogP contribution in [-0.2, 0) is 0 Å². The molecule has 4 aromatic rings. The zero-order valence-electron chi connectivity index (χ0n) is 14.2. The van der Waals surface area contributed by atoms with Crippen molar-refractivity contribution in [2.45, 2.75) is 0 Å². The second-order valence-corrected chi connectivity index (χ2v) is 7.46. The van der Waals surface area contributed by atoms with Crippen LogP contribution in [0.2, 0.25) is 0 Å². The van der Waals surface area contributed by atoms with Gasteiger partial charge in [-0.05, 0) is 48.1 Å². The summed E-state index contributed by atoms with van der Waals surface area (Å²) in [5, 5.41) is 10.9. The first kappa shape index (κ1) is 18.0. The summed E-state index contributed by atoms with van der Waals surface area (Å²) in [7, 11) is 0. The lowest BCUT2D eigenvalue weighted by molar-refractivity contribution is -0.384. The lowest BCUT2D eigenvalue weighted by atomic mass is 10.0. The lowest BCUT2D eigenvalue weighted by Crippen LogP contribution is -2.08. The van der Waals surface area contributed by atoms with E-state index in [-0.39, 0.29) is 5.69 Å². The Morgan fingerprint density at radius 1 is 1.07 bits per heavy atom. The van der Waals surface area contributed by atoms with Crippen LogP contribution in [0.15, 0.2) is 71.1 Å². The van der Waals surface area contributed by atoms with Crippen molar-refractivity contribution in [2.24, 2.45) is 0 Å². The number of fused-ring (bicyclic) bond motifs is 1. The molecule has 0 saturated heterocycles. The van der Waals surface area contributed by atoms with E-state index >= 15 is 0 Å². The minimum atomic E-state index is -0.485. The molecule has 0 aliphatic rings. The molecular formula is C20H11NO5S2. The Morgan fingerprint density at radius 3 is 2.46 bits per heavy atom. The van der Waals surface area contributed by atoms with Crippen LogP contribution >= 0.6 is 23.6 Å². The van der Waals surface area contributed by atoms with Crippen LogP contribution in [0.1, 0.15) is 10.4 Å². The maximum Gasteiger partial charge on any atom is 0.343 e. The summed E-state index contributed by atoms with van der Waals surface area (Å²) in [6.45, 7) is 0. The molecule has 0 saturated carbocycles. The monoisotopic (exact) mass is 409 g/mol. The maximum absolute atomic E-state index is 12.4. The molecule has 138 valence electrons. The van der Waals surface area contributed by atoms with Gasteiger partial charge >= 0.3 is 5.97 Å². The largest absolute Gasteiger partial charge is 0.435 e. The normalized spacial score (nSPS) is 10.7. The summed E-state index contributed by atoms with van der Waals surface area (Å²) in [4.78, 5) is 22.8. The number of hydrogen-bond donors (Lipinski definition) is 0. The molecule has 1 aromatic heterocycles. The van der Waals surface area contributed by atoms with Gasteiger partial charge < -0.3 is 9.15 Å². The van der Waals surface area contributed by atoms with E-state index in [4.69, 9.17) is 21.4 Å². The zero-order valence-corrected chi connectivity index (χ0v) is 15.8. The van der Waals surface area contributed by atoms with Crippen molar-refractivity contribution < 1.29 is 18.9 Å². The third-order valence-electron chi connectivity index (χ3n) is 4.02. The zero-order chi connectivity index (χ0) is 19.7. The molecule has 0 aliphatic heterocycles. The second-order valence-electron chi connectivity index (χ2n) is 5.81. The van der Waals surface area contributed by atoms with Crippen LogP contribution < -0.4 is 4.74 Å². The van der Waals surface area contributed by atoms with E-state index < -0.39 is 10.9 Å². The summed E-state index contributed by atoms with van der Waals surface area (Å²) in [5.74, 6) is -0.150. The minimum absolute atomic E-state index is 0.0159. The Hall–Kier alpha value is -3.36. The molecule has 3 aromatic carbocycles. The van der Waals surface area contributed by atoms with Gasteiger partial charge in [0.25, 0.3) is 5.69 Å². The van der Waals surface area contributed by atoms with E-state index in [1.807, 2.05) is 6.07 Å². The maximum atomic E-state index is 12.4. The van der Waals surface area contributed by atoms with E-state index in [0.29, 0.717) is 32.0 Å². The molecule has 0 radical (unpaired) electrons. The van der Waals surface area contributed by atoms with Gasteiger partial charge in [-0.1, -0.05) is 29.5 Å². The Morgan fingerprint density at radius 2 is 1.79 bits per heavy atom. The summed E-state index contributed by atoms with van der Waals surface area (Å²) >= 11 is 6.39. The number of non-ortho nitro benzene ring substituents is 1. The molecule has 28 heavy (non-hydrogen) atoms. The van der Waals surface area contributed by atoms with Crippen molar-refractivity contribution in [2.75, 3.05) is 0 Å². The molecule has 6 nitrogen and oxygen atoms in total. The fraction of sp³-hybridized carbons (Fsp3) is 0. The number of hydrogen-bond acceptors (Lipinski definition) is 7. The van der Waals surface area contributed by atoms with Gasteiger partial charge in [-0.15, -0.1) is 0 Å². The predicted molar refractivity (Wildman–Crippen MR) is 108 cm³/mol. The van der Waals surface area contributed by atoms with Gasteiger partial charge in [-0.2, -0.15) is 0 Å². The third-order valence-corrected chi connectivity index (χ3v) is 5.12. The Bertz CT molecular complexity index is 1240. The fourth-order valence-corrected chi connectivity index (χ4v) is 3.80. The van der Waals surface area contributed by atoms with Crippen LogP contribution in [0, 0.1) is 14.1 Å². The average molecular weight is 409 g/mol. The first-order valence-corrected chi connectivity index (χ1v) is 9.33. The van der Waals surface area contributed by atoms with Crippen molar-refractivity contribution in [3.05, 3.63) is 86.4 Å². The molecule has 0 spiro atoms. The van der Waals surface area contributed by atoms with E-state index in [9.17, 15) is 14.9 Å². The topological polar surface area (TPSA) is 82.6 Å². The Labute approximate surface area is 167 Å². The number of carbonyl (C=O) groups is 1. The summed E-state index contributed by atoms with van der Waals surface area (Å²) in [6.07, 6.45) is 0. The lowest BCUT2D eigenvalue weighted by Gasteiger charge is -2.08. The highest BCUT2D eigenvalue weighted by molar-refractivity contribution is 7.73. The molecule has 0 bridgehead atoms. The molecule has 8 heteroatoms. The van der Waals surface area contributed by atoms with Gasteiger partial charge in [0.2, 0.25) is 4.02 Å². The van der Waals surface area contributed by atoms with Crippen LogP contribution in [0.5, 0.6) is 5.75 Å². The quantitative estimate of drug-likeness (QED) is 0.135. The van der Waals surface area contributed by atoms with Gasteiger partial charge in [0, 0.05) is 23.8 Å². The molecule has 0 atom stereocenters. The predicted octanol–water partition coefficient (Wildman–Crippen LogP) is 6.02. The SMILES string of the molecule is O=C(Oc1cc(-c2ccc([N+](=O)[O-])cc2)c2oc(=S)sc2c1)c1ccccc1. The summed E-state index contributed by atoms with van der Waals surface area (Å²) < 4.78 is 12.2. The van der Waals surface area contributed by atoms with E-state index in [0.717, 1.165) is 4.70 Å². The highest BCUT2D eigenvalue weighted by Crippen LogP contribution is 2.37. The number of carbonyl (C=O) groups excluding carboxylic acids is 1. The fourth-order valence-electron chi connectivity index (χ4n) is 2.73. The van der Waals surface area contributed by atoms with Gasteiger partial charge in [0.05, 0.1) is 15.2 Å². The van der Waals surface area contributed by atoms with Crippen LogP contribution in [0.25, 0.3) is 21.4 Å². The standard InChI is InChI=1S/C20H11NO5S2/c22-19(13-4-2-1-3-5-13)25-15-10-16(18-17(11-15)28-20(27)26-18)12-6-8-14(9-7-12)21(23)24/h1-11H. The number of nitrogens with zero attached hydrogens (tertiary/aromatic N) is 1. The molecule has 0 unspecified atom stereocenters. The Balaban J connectivity index is 1.78. The van der Waals surface area contributed by atoms with Gasteiger partial charge in [-0.3, -0.25) is 10.1 Å². The van der Waals surface area contributed by atoms with E-state index in [1.54, 1.807) is 48.5 Å². The van der Waals surface area contributed by atoms with Gasteiger partial charge in [0.1, 0.15) is 5.75 Å². The molecular weight excluding hydrogens is 398 g/mol. The molecule has 1 heterocycles. The smallest absolute Gasteiger partial charge is 0.343 e. The van der Waals surface area contributed by atoms with Gasteiger partial charge in [-0.25, -0.2) is 4.79 Å². The van der Waals surface area contributed by atoms with Crippen LogP contribution in [0.4, 0.5) is 5.69 Å². The molecule has 0 amide bonds. The average Bonchev–Trinajstić information content (AvgIpc) is 3.08. The van der Waals surface area contributed by atoms with Crippen molar-refractivity contribution in [1.82, 2.24) is 0 Å². The van der Waals surface area contributed by atoms with Crippen molar-refractivity contribution in [1.29, 1.82) is 0 Å². The first-order chi connectivity index (χ1) is 13.5. The molecule has 0 fully saturated rings. The van der Waals surface area contributed by atoms with Crippen LogP contribution in [0.3, 0.4) is 0 Å². The number of nitro groups is 1. The van der Waals surface area contributed by atoms with E-state index in [1.165, 1.54) is 23.5 Å². The minimum Gasteiger partial charge on any atom is -0.435 e.